The summed E-state index contributed by atoms with van der Waals surface area (Å²) in [4.78, 5) is 0. The molecule has 88 valence electrons. The summed E-state index contributed by atoms with van der Waals surface area (Å²) < 4.78 is 1.91. The van der Waals surface area contributed by atoms with E-state index in [0.717, 1.165) is 24.2 Å². The standard InChI is InChI=1S/C13H15N3O/c14-8-13-11-2-1-3-12(11)15-16(13)9-4-6-10(17)7-5-9/h4-7,17H,1-3,8,14H2. The first-order valence-corrected chi connectivity index (χ1v) is 5.88. The number of nitrogens with two attached hydrogens (primary N) is 1. The van der Waals surface area contributed by atoms with Crippen molar-refractivity contribution in [2.75, 3.05) is 0 Å². The fraction of sp³-hybridized carbons (Fsp3) is 0.308. The van der Waals surface area contributed by atoms with Gasteiger partial charge in [-0.25, -0.2) is 4.68 Å². The summed E-state index contributed by atoms with van der Waals surface area (Å²) in [5.74, 6) is 0.266. The fourth-order valence-electron chi connectivity index (χ4n) is 2.47. The minimum atomic E-state index is 0.266. The molecule has 4 nitrogen and oxygen atoms in total. The highest BCUT2D eigenvalue weighted by Crippen LogP contribution is 2.27. The molecular weight excluding hydrogens is 214 g/mol. The van der Waals surface area contributed by atoms with Crippen LogP contribution < -0.4 is 5.73 Å². The number of phenolic OH excluding ortho intramolecular Hbond substituents is 1. The number of fused-ring (bicyclic) bond motifs is 1. The van der Waals surface area contributed by atoms with Crippen LogP contribution in [0.4, 0.5) is 0 Å². The Morgan fingerprint density at radius 1 is 1.24 bits per heavy atom. The zero-order valence-electron chi connectivity index (χ0n) is 9.56. The van der Waals surface area contributed by atoms with Crippen molar-refractivity contribution in [1.82, 2.24) is 9.78 Å². The summed E-state index contributed by atoms with van der Waals surface area (Å²) in [5.41, 5.74) is 10.4. The summed E-state index contributed by atoms with van der Waals surface area (Å²) in [6.45, 7) is 0.503. The predicted octanol–water partition coefficient (Wildman–Crippen LogP) is 1.53. The first-order valence-electron chi connectivity index (χ1n) is 5.88. The molecule has 0 saturated carbocycles. The van der Waals surface area contributed by atoms with E-state index in [0.29, 0.717) is 6.54 Å². The van der Waals surface area contributed by atoms with E-state index >= 15 is 0 Å². The normalized spacial score (nSPS) is 13.9. The van der Waals surface area contributed by atoms with Crippen LogP contribution in [0.1, 0.15) is 23.4 Å². The average molecular weight is 229 g/mol. The van der Waals surface area contributed by atoms with E-state index in [1.165, 1.54) is 17.7 Å². The lowest BCUT2D eigenvalue weighted by molar-refractivity contribution is 0.475. The van der Waals surface area contributed by atoms with Crippen LogP contribution in [-0.2, 0) is 19.4 Å². The number of aryl methyl sites for hydroxylation is 1. The first kappa shape index (κ1) is 10.4. The highest BCUT2D eigenvalue weighted by Gasteiger charge is 2.21. The van der Waals surface area contributed by atoms with Gasteiger partial charge in [0.25, 0.3) is 0 Å². The third kappa shape index (κ3) is 1.61. The van der Waals surface area contributed by atoms with Crippen LogP contribution in [0.2, 0.25) is 0 Å². The maximum atomic E-state index is 9.29. The van der Waals surface area contributed by atoms with E-state index in [4.69, 9.17) is 5.73 Å². The molecule has 4 heteroatoms. The Kier molecular flexibility index (Phi) is 2.37. The lowest BCUT2D eigenvalue weighted by Crippen LogP contribution is -2.08. The Morgan fingerprint density at radius 3 is 2.71 bits per heavy atom. The summed E-state index contributed by atoms with van der Waals surface area (Å²) in [7, 11) is 0. The van der Waals surface area contributed by atoms with Gasteiger partial charge in [0.2, 0.25) is 0 Å². The number of nitrogens with zero attached hydrogens (tertiary/aromatic N) is 2. The van der Waals surface area contributed by atoms with Gasteiger partial charge in [-0.2, -0.15) is 5.10 Å². The third-order valence-corrected chi connectivity index (χ3v) is 3.30. The van der Waals surface area contributed by atoms with E-state index < -0.39 is 0 Å². The molecule has 0 atom stereocenters. The van der Waals surface area contributed by atoms with Crippen molar-refractivity contribution >= 4 is 0 Å². The second kappa shape index (κ2) is 3.89. The summed E-state index contributed by atoms with van der Waals surface area (Å²) in [6.07, 6.45) is 3.31. The van der Waals surface area contributed by atoms with Crippen molar-refractivity contribution in [3.8, 4) is 11.4 Å². The number of hydrogen-bond acceptors (Lipinski definition) is 3. The molecule has 1 aliphatic carbocycles. The molecule has 0 unspecified atom stereocenters. The summed E-state index contributed by atoms with van der Waals surface area (Å²) >= 11 is 0. The van der Waals surface area contributed by atoms with Gasteiger partial charge < -0.3 is 10.8 Å². The van der Waals surface area contributed by atoms with Crippen molar-refractivity contribution in [1.29, 1.82) is 0 Å². The number of aromatic hydroxyl groups is 1. The Bertz CT molecular complexity index is 543. The highest BCUT2D eigenvalue weighted by atomic mass is 16.3. The van der Waals surface area contributed by atoms with Gasteiger partial charge in [0.05, 0.1) is 17.1 Å². The molecule has 1 heterocycles. The largest absolute Gasteiger partial charge is 0.508 e. The molecule has 1 aliphatic rings. The zero-order valence-corrected chi connectivity index (χ0v) is 9.56. The monoisotopic (exact) mass is 229 g/mol. The van der Waals surface area contributed by atoms with E-state index in [9.17, 15) is 5.11 Å². The molecule has 0 aliphatic heterocycles. The second-order valence-electron chi connectivity index (χ2n) is 4.36. The molecule has 3 N–H and O–H groups in total. The van der Waals surface area contributed by atoms with Crippen LogP contribution in [0.15, 0.2) is 24.3 Å². The smallest absolute Gasteiger partial charge is 0.115 e. The zero-order chi connectivity index (χ0) is 11.8. The Labute approximate surface area is 99.7 Å². The second-order valence-corrected chi connectivity index (χ2v) is 4.36. The van der Waals surface area contributed by atoms with Gasteiger partial charge in [-0.05, 0) is 49.1 Å². The number of phenols is 1. The molecule has 1 aromatic carbocycles. The predicted molar refractivity (Wildman–Crippen MR) is 65.1 cm³/mol. The number of benzene rings is 1. The summed E-state index contributed by atoms with van der Waals surface area (Å²) in [5, 5.41) is 13.9. The van der Waals surface area contributed by atoms with Crippen LogP contribution in [0.25, 0.3) is 5.69 Å². The number of rotatable bonds is 2. The molecule has 0 saturated heterocycles. The van der Waals surface area contributed by atoms with Crippen molar-refractivity contribution in [3.05, 3.63) is 41.2 Å². The van der Waals surface area contributed by atoms with E-state index in [2.05, 4.69) is 5.10 Å². The molecule has 17 heavy (non-hydrogen) atoms. The average Bonchev–Trinajstić information content (AvgIpc) is 2.89. The van der Waals surface area contributed by atoms with Gasteiger partial charge in [-0.3, -0.25) is 0 Å². The number of aromatic nitrogens is 2. The maximum absolute atomic E-state index is 9.29. The van der Waals surface area contributed by atoms with Crippen molar-refractivity contribution < 1.29 is 5.11 Å². The lowest BCUT2D eigenvalue weighted by atomic mass is 10.2. The van der Waals surface area contributed by atoms with Crippen LogP contribution in [0.3, 0.4) is 0 Å². The minimum Gasteiger partial charge on any atom is -0.508 e. The molecule has 3 rings (SSSR count). The molecule has 1 aromatic heterocycles. The van der Waals surface area contributed by atoms with Gasteiger partial charge in [0, 0.05) is 6.54 Å². The Hall–Kier alpha value is -1.81. The molecule has 0 spiro atoms. The minimum absolute atomic E-state index is 0.266. The van der Waals surface area contributed by atoms with Gasteiger partial charge in [0.15, 0.2) is 0 Å². The first-order chi connectivity index (χ1) is 8.29. The maximum Gasteiger partial charge on any atom is 0.115 e. The van der Waals surface area contributed by atoms with Crippen LogP contribution in [0, 0.1) is 0 Å². The Balaban J connectivity index is 2.11. The topological polar surface area (TPSA) is 64.1 Å². The van der Waals surface area contributed by atoms with Crippen molar-refractivity contribution in [3.63, 3.8) is 0 Å². The van der Waals surface area contributed by atoms with Crippen LogP contribution in [-0.4, -0.2) is 14.9 Å². The van der Waals surface area contributed by atoms with Crippen molar-refractivity contribution in [2.24, 2.45) is 5.73 Å². The van der Waals surface area contributed by atoms with E-state index in [-0.39, 0.29) is 5.75 Å². The number of hydrogen-bond donors (Lipinski definition) is 2. The molecule has 2 aromatic rings. The van der Waals surface area contributed by atoms with Crippen molar-refractivity contribution in [2.45, 2.75) is 25.8 Å². The highest BCUT2D eigenvalue weighted by molar-refractivity contribution is 5.41. The molecule has 0 fully saturated rings. The third-order valence-electron chi connectivity index (χ3n) is 3.30. The quantitative estimate of drug-likeness (QED) is 0.820. The summed E-state index contributed by atoms with van der Waals surface area (Å²) in [6, 6.07) is 7.05. The van der Waals surface area contributed by atoms with Gasteiger partial charge >= 0.3 is 0 Å². The van der Waals surface area contributed by atoms with E-state index in [1.54, 1.807) is 12.1 Å². The van der Waals surface area contributed by atoms with Crippen LogP contribution in [0.5, 0.6) is 5.75 Å². The molecule has 0 radical (unpaired) electrons. The molecule has 0 bridgehead atoms. The van der Waals surface area contributed by atoms with Gasteiger partial charge in [0.1, 0.15) is 5.75 Å². The Morgan fingerprint density at radius 2 is 2.00 bits per heavy atom. The fourth-order valence-corrected chi connectivity index (χ4v) is 2.47. The van der Waals surface area contributed by atoms with Gasteiger partial charge in [-0.15, -0.1) is 0 Å². The van der Waals surface area contributed by atoms with E-state index in [1.807, 2.05) is 16.8 Å². The molecule has 0 amide bonds. The van der Waals surface area contributed by atoms with Crippen LogP contribution >= 0.6 is 0 Å². The van der Waals surface area contributed by atoms with Gasteiger partial charge in [-0.1, -0.05) is 0 Å². The SMILES string of the molecule is NCc1c2c(nn1-c1ccc(O)cc1)CCC2. The molecular formula is C13H15N3O. The lowest BCUT2D eigenvalue weighted by Gasteiger charge is -2.07.